The molecule has 0 aliphatic rings. The van der Waals surface area contributed by atoms with Gasteiger partial charge in [-0.3, -0.25) is 4.79 Å². The van der Waals surface area contributed by atoms with E-state index >= 15 is 0 Å². The van der Waals surface area contributed by atoms with Crippen LogP contribution in [0, 0.1) is 0 Å². The van der Waals surface area contributed by atoms with E-state index in [-0.39, 0.29) is 24.4 Å². The van der Waals surface area contributed by atoms with E-state index in [4.69, 9.17) is 9.84 Å². The fourth-order valence-corrected chi connectivity index (χ4v) is 1.66. The molecule has 0 fully saturated rings. The molecule has 5 heteroatoms. The molecule has 0 spiro atoms. The van der Waals surface area contributed by atoms with Gasteiger partial charge in [0, 0.05) is 12.1 Å². The summed E-state index contributed by atoms with van der Waals surface area (Å²) in [7, 11) is 0. The molecular formula is C16H19NO4. The molecule has 0 bridgehead atoms. The zero-order chi connectivity index (χ0) is 15.7. The first kappa shape index (κ1) is 16.5. The Balaban J connectivity index is 2.72. The van der Waals surface area contributed by atoms with Gasteiger partial charge in [0.05, 0.1) is 6.61 Å². The first-order valence-corrected chi connectivity index (χ1v) is 6.63. The summed E-state index contributed by atoms with van der Waals surface area (Å²) in [5, 5.41) is 11.7. The monoisotopic (exact) mass is 289 g/mol. The third-order valence-corrected chi connectivity index (χ3v) is 2.69. The van der Waals surface area contributed by atoms with Crippen LogP contribution in [-0.4, -0.2) is 30.1 Å². The summed E-state index contributed by atoms with van der Waals surface area (Å²) in [4.78, 5) is 22.2. The topological polar surface area (TPSA) is 75.6 Å². The molecule has 0 saturated heterocycles. The van der Waals surface area contributed by atoms with Gasteiger partial charge in [-0.2, -0.15) is 0 Å². The normalized spacial score (nSPS) is 10.8. The van der Waals surface area contributed by atoms with E-state index in [1.165, 1.54) is 0 Å². The van der Waals surface area contributed by atoms with Gasteiger partial charge in [-0.1, -0.05) is 18.7 Å². The second kappa shape index (κ2) is 8.58. The van der Waals surface area contributed by atoms with Crippen molar-refractivity contribution < 1.29 is 19.4 Å². The molecule has 0 heterocycles. The second-order valence-corrected chi connectivity index (χ2v) is 4.22. The average molecular weight is 289 g/mol. The third-order valence-electron chi connectivity index (χ3n) is 2.69. The number of carboxylic acid groups (broad SMARTS) is 1. The van der Waals surface area contributed by atoms with Crippen molar-refractivity contribution in [2.24, 2.45) is 0 Å². The molecule has 0 radical (unpaired) electrons. The molecule has 1 amide bonds. The minimum Gasteiger partial charge on any atom is -0.494 e. The molecule has 5 nitrogen and oxygen atoms in total. The van der Waals surface area contributed by atoms with Crippen LogP contribution in [0.5, 0.6) is 5.75 Å². The van der Waals surface area contributed by atoms with Crippen LogP contribution in [0.2, 0.25) is 0 Å². The predicted octanol–water partition coefficient (Wildman–Crippen LogP) is 2.25. The van der Waals surface area contributed by atoms with E-state index in [2.05, 4.69) is 11.9 Å². The Labute approximate surface area is 123 Å². The van der Waals surface area contributed by atoms with Crippen LogP contribution in [0.15, 0.2) is 42.5 Å². The summed E-state index contributed by atoms with van der Waals surface area (Å²) >= 11 is 0. The fourth-order valence-electron chi connectivity index (χ4n) is 1.66. The quantitative estimate of drug-likeness (QED) is 0.720. The molecule has 0 atom stereocenters. The maximum atomic E-state index is 11.2. The molecule has 21 heavy (non-hydrogen) atoms. The molecule has 1 aromatic carbocycles. The van der Waals surface area contributed by atoms with Gasteiger partial charge in [0.1, 0.15) is 5.75 Å². The van der Waals surface area contributed by atoms with Crippen LogP contribution in [0.4, 0.5) is 0 Å². The first-order chi connectivity index (χ1) is 10.1. The van der Waals surface area contributed by atoms with Crippen molar-refractivity contribution in [2.45, 2.75) is 13.3 Å². The van der Waals surface area contributed by atoms with Crippen LogP contribution in [0.3, 0.4) is 0 Å². The molecule has 0 aliphatic heterocycles. The lowest BCUT2D eigenvalue weighted by molar-refractivity contribution is -0.132. The van der Waals surface area contributed by atoms with Crippen molar-refractivity contribution in [3.8, 4) is 5.75 Å². The standard InChI is InChI=1S/C16H19NO4/c1-3-15(18)17-10-9-13(16(19)20)11-12-5-7-14(8-6-12)21-4-2/h3,5-8,11H,1,4,9-10H2,2H3,(H,17,18)(H,19,20)/b13-11+. The summed E-state index contributed by atoms with van der Waals surface area (Å²) in [6.45, 7) is 6.06. The molecule has 1 aromatic rings. The highest BCUT2D eigenvalue weighted by Crippen LogP contribution is 2.15. The Hall–Kier alpha value is -2.56. The number of benzene rings is 1. The Bertz CT molecular complexity index is 532. The van der Waals surface area contributed by atoms with Crippen LogP contribution in [-0.2, 0) is 9.59 Å². The summed E-state index contributed by atoms with van der Waals surface area (Å²) in [5.74, 6) is -0.581. The number of nitrogens with one attached hydrogen (secondary N) is 1. The largest absolute Gasteiger partial charge is 0.494 e. The van der Waals surface area contributed by atoms with Crippen molar-refractivity contribution in [3.05, 3.63) is 48.1 Å². The van der Waals surface area contributed by atoms with Crippen molar-refractivity contribution in [1.82, 2.24) is 5.32 Å². The Morgan fingerprint density at radius 1 is 1.33 bits per heavy atom. The van der Waals surface area contributed by atoms with Gasteiger partial charge in [-0.05, 0) is 43.2 Å². The molecule has 2 N–H and O–H groups in total. The van der Waals surface area contributed by atoms with E-state index in [1.54, 1.807) is 30.3 Å². The maximum absolute atomic E-state index is 11.2. The minimum absolute atomic E-state index is 0.225. The lowest BCUT2D eigenvalue weighted by atomic mass is 10.1. The van der Waals surface area contributed by atoms with Crippen molar-refractivity contribution in [3.63, 3.8) is 0 Å². The van der Waals surface area contributed by atoms with Crippen molar-refractivity contribution in [1.29, 1.82) is 0 Å². The molecular weight excluding hydrogens is 270 g/mol. The highest BCUT2D eigenvalue weighted by atomic mass is 16.5. The minimum atomic E-state index is -1.00. The average Bonchev–Trinajstić information content (AvgIpc) is 2.48. The molecule has 0 saturated carbocycles. The highest BCUT2D eigenvalue weighted by Gasteiger charge is 2.08. The Morgan fingerprint density at radius 2 is 2.00 bits per heavy atom. The number of aliphatic carboxylic acids is 1. The van der Waals surface area contributed by atoms with Gasteiger partial charge in [-0.25, -0.2) is 4.79 Å². The smallest absolute Gasteiger partial charge is 0.331 e. The summed E-state index contributed by atoms with van der Waals surface area (Å²) in [6.07, 6.45) is 2.97. The third kappa shape index (κ3) is 5.95. The number of ether oxygens (including phenoxy) is 1. The van der Waals surface area contributed by atoms with Gasteiger partial charge in [0.2, 0.25) is 5.91 Å². The number of hydrogen-bond donors (Lipinski definition) is 2. The van der Waals surface area contributed by atoms with Gasteiger partial charge >= 0.3 is 5.97 Å². The summed E-state index contributed by atoms with van der Waals surface area (Å²) in [6, 6.07) is 7.15. The lowest BCUT2D eigenvalue weighted by Gasteiger charge is -2.05. The number of carboxylic acids is 1. The van der Waals surface area contributed by atoms with Crippen molar-refractivity contribution in [2.75, 3.05) is 13.2 Å². The number of carbonyl (C=O) groups is 2. The van der Waals surface area contributed by atoms with E-state index < -0.39 is 5.97 Å². The van der Waals surface area contributed by atoms with Crippen LogP contribution < -0.4 is 10.1 Å². The lowest BCUT2D eigenvalue weighted by Crippen LogP contribution is -2.23. The zero-order valence-electron chi connectivity index (χ0n) is 12.0. The molecule has 112 valence electrons. The van der Waals surface area contributed by atoms with Gasteiger partial charge in [0.15, 0.2) is 0 Å². The summed E-state index contributed by atoms with van der Waals surface area (Å²) < 4.78 is 5.32. The SMILES string of the molecule is C=CC(=O)NCC/C(=C\c1ccc(OCC)cc1)C(=O)O. The van der Waals surface area contributed by atoms with Gasteiger partial charge in [-0.15, -0.1) is 0 Å². The van der Waals surface area contributed by atoms with Crippen LogP contribution in [0.25, 0.3) is 6.08 Å². The Morgan fingerprint density at radius 3 is 2.52 bits per heavy atom. The second-order valence-electron chi connectivity index (χ2n) is 4.22. The van der Waals surface area contributed by atoms with Gasteiger partial charge < -0.3 is 15.2 Å². The maximum Gasteiger partial charge on any atom is 0.331 e. The van der Waals surface area contributed by atoms with E-state index in [0.717, 1.165) is 17.4 Å². The predicted molar refractivity (Wildman–Crippen MR) is 81.0 cm³/mol. The van der Waals surface area contributed by atoms with Crippen LogP contribution >= 0.6 is 0 Å². The molecule has 1 rings (SSSR count). The highest BCUT2D eigenvalue weighted by molar-refractivity contribution is 5.92. The molecule has 0 unspecified atom stereocenters. The Kier molecular flexibility index (Phi) is 6.74. The summed E-state index contributed by atoms with van der Waals surface area (Å²) in [5.41, 5.74) is 0.995. The van der Waals surface area contributed by atoms with E-state index in [9.17, 15) is 9.59 Å². The first-order valence-electron chi connectivity index (χ1n) is 6.63. The number of carbonyl (C=O) groups excluding carboxylic acids is 1. The molecule has 0 aromatic heterocycles. The van der Waals surface area contributed by atoms with Crippen LogP contribution in [0.1, 0.15) is 18.9 Å². The molecule has 0 aliphatic carbocycles. The van der Waals surface area contributed by atoms with Crippen molar-refractivity contribution >= 4 is 18.0 Å². The zero-order valence-corrected chi connectivity index (χ0v) is 12.0. The number of amides is 1. The van der Waals surface area contributed by atoms with E-state index in [1.807, 2.05) is 6.92 Å². The fraction of sp³-hybridized carbons (Fsp3) is 0.250. The van der Waals surface area contributed by atoms with E-state index in [0.29, 0.717) is 6.61 Å². The number of rotatable bonds is 8. The van der Waals surface area contributed by atoms with Gasteiger partial charge in [0.25, 0.3) is 0 Å². The number of hydrogen-bond acceptors (Lipinski definition) is 3.